The van der Waals surface area contributed by atoms with E-state index < -0.39 is 24.0 Å². The third-order valence-electron chi connectivity index (χ3n) is 4.02. The minimum Gasteiger partial charge on any atom is -0.443 e. The second-order valence-electron chi connectivity index (χ2n) is 5.95. The van der Waals surface area contributed by atoms with Gasteiger partial charge in [0.1, 0.15) is 5.69 Å². The second-order valence-corrected chi connectivity index (χ2v) is 5.95. The lowest BCUT2D eigenvalue weighted by Gasteiger charge is -2.17. The number of nitrogens with one attached hydrogen (secondary N) is 3. The molecule has 0 saturated heterocycles. The molecule has 0 radical (unpaired) electrons. The van der Waals surface area contributed by atoms with Crippen molar-refractivity contribution in [1.29, 1.82) is 0 Å². The SMILES string of the molecule is CNC(=O)NC(=O)[C@@H](OC(=O)c1[nH]c(C)c(C(C)=O)c1C)c1ccccc1. The standard InChI is InChI=1S/C19H21N3O5/c1-10-14(12(3)23)11(2)21-15(10)18(25)27-16(13-8-6-5-7-9-13)17(24)22-19(26)20-4/h5-9,16,21H,1-4H3,(H2,20,22,24,26)/t16-/m0/s1. The summed E-state index contributed by atoms with van der Waals surface area (Å²) in [4.78, 5) is 51.1. The number of aryl methyl sites for hydroxylation is 1. The monoisotopic (exact) mass is 371 g/mol. The first-order valence-corrected chi connectivity index (χ1v) is 8.24. The van der Waals surface area contributed by atoms with Crippen molar-refractivity contribution in [3.05, 3.63) is 58.4 Å². The molecule has 0 aliphatic heterocycles. The van der Waals surface area contributed by atoms with Gasteiger partial charge < -0.3 is 15.0 Å². The molecule has 142 valence electrons. The van der Waals surface area contributed by atoms with Gasteiger partial charge in [0.05, 0.1) is 0 Å². The maximum Gasteiger partial charge on any atom is 0.356 e. The highest BCUT2D eigenvalue weighted by molar-refractivity contribution is 6.02. The van der Waals surface area contributed by atoms with Crippen LogP contribution in [0.4, 0.5) is 4.79 Å². The Morgan fingerprint density at radius 1 is 1.07 bits per heavy atom. The number of ether oxygens (including phenoxy) is 1. The molecule has 0 bridgehead atoms. The Kier molecular flexibility index (Phi) is 6.12. The van der Waals surface area contributed by atoms with Crippen LogP contribution < -0.4 is 10.6 Å². The highest BCUT2D eigenvalue weighted by atomic mass is 16.5. The maximum atomic E-state index is 12.7. The average molecular weight is 371 g/mol. The van der Waals surface area contributed by atoms with Gasteiger partial charge in [-0.2, -0.15) is 0 Å². The Morgan fingerprint density at radius 3 is 2.22 bits per heavy atom. The van der Waals surface area contributed by atoms with Crippen molar-refractivity contribution in [1.82, 2.24) is 15.6 Å². The number of urea groups is 1. The molecule has 0 saturated carbocycles. The number of esters is 1. The number of H-pyrrole nitrogens is 1. The van der Waals surface area contributed by atoms with Gasteiger partial charge in [0.2, 0.25) is 6.10 Å². The normalized spacial score (nSPS) is 11.4. The summed E-state index contributed by atoms with van der Waals surface area (Å²) < 4.78 is 5.39. The van der Waals surface area contributed by atoms with E-state index in [0.29, 0.717) is 22.4 Å². The third-order valence-corrected chi connectivity index (χ3v) is 4.02. The van der Waals surface area contributed by atoms with Crippen LogP contribution in [0.25, 0.3) is 0 Å². The van der Waals surface area contributed by atoms with E-state index in [1.165, 1.54) is 14.0 Å². The van der Waals surface area contributed by atoms with Crippen LogP contribution in [0.15, 0.2) is 30.3 Å². The fourth-order valence-electron chi connectivity index (χ4n) is 2.79. The number of carbonyl (C=O) groups is 4. The van der Waals surface area contributed by atoms with Crippen molar-refractivity contribution in [2.24, 2.45) is 0 Å². The molecular weight excluding hydrogens is 350 g/mol. The Labute approximate surface area is 156 Å². The number of hydrogen-bond donors (Lipinski definition) is 3. The molecule has 0 spiro atoms. The predicted molar refractivity (Wildman–Crippen MR) is 97.5 cm³/mol. The molecule has 0 unspecified atom stereocenters. The van der Waals surface area contributed by atoms with Gasteiger partial charge in [0.25, 0.3) is 5.91 Å². The molecule has 8 nitrogen and oxygen atoms in total. The number of benzene rings is 1. The number of carbonyl (C=O) groups excluding carboxylic acids is 4. The minimum atomic E-state index is -1.33. The van der Waals surface area contributed by atoms with Crippen molar-refractivity contribution in [3.63, 3.8) is 0 Å². The molecule has 0 fully saturated rings. The Morgan fingerprint density at radius 2 is 1.70 bits per heavy atom. The summed E-state index contributed by atoms with van der Waals surface area (Å²) >= 11 is 0. The predicted octanol–water partition coefficient (Wildman–Crippen LogP) is 2.19. The molecule has 0 aliphatic carbocycles. The first-order valence-electron chi connectivity index (χ1n) is 8.24. The number of Topliss-reactive ketones (excluding diaryl/α,β-unsaturated/α-hetero) is 1. The number of hydrogen-bond acceptors (Lipinski definition) is 5. The zero-order valence-electron chi connectivity index (χ0n) is 15.5. The first kappa shape index (κ1) is 19.9. The van der Waals surface area contributed by atoms with E-state index in [4.69, 9.17) is 4.74 Å². The van der Waals surface area contributed by atoms with Crippen molar-refractivity contribution in [2.45, 2.75) is 26.9 Å². The fraction of sp³-hybridized carbons (Fsp3) is 0.263. The minimum absolute atomic E-state index is 0.0892. The van der Waals surface area contributed by atoms with E-state index in [1.54, 1.807) is 44.2 Å². The molecule has 2 rings (SSSR count). The molecular formula is C19H21N3O5. The van der Waals surface area contributed by atoms with Gasteiger partial charge in [-0.1, -0.05) is 30.3 Å². The number of aromatic amines is 1. The summed E-state index contributed by atoms with van der Waals surface area (Å²) in [5, 5.41) is 4.37. The molecule has 1 aromatic carbocycles. The molecule has 2 aromatic rings. The van der Waals surface area contributed by atoms with Crippen molar-refractivity contribution in [2.75, 3.05) is 7.05 Å². The van der Waals surface area contributed by atoms with Gasteiger partial charge in [-0.05, 0) is 26.3 Å². The highest BCUT2D eigenvalue weighted by Crippen LogP contribution is 2.23. The van der Waals surface area contributed by atoms with Crippen molar-refractivity contribution in [3.8, 4) is 0 Å². The maximum absolute atomic E-state index is 12.7. The quantitative estimate of drug-likeness (QED) is 0.550. The van der Waals surface area contributed by atoms with Crippen molar-refractivity contribution >= 4 is 23.7 Å². The van der Waals surface area contributed by atoms with E-state index >= 15 is 0 Å². The Hall–Kier alpha value is -3.42. The van der Waals surface area contributed by atoms with Gasteiger partial charge in [0, 0.05) is 23.9 Å². The van der Waals surface area contributed by atoms with Crippen LogP contribution in [0.2, 0.25) is 0 Å². The number of imide groups is 1. The van der Waals surface area contributed by atoms with Gasteiger partial charge in [-0.15, -0.1) is 0 Å². The van der Waals surface area contributed by atoms with Crippen LogP contribution in [-0.4, -0.2) is 35.7 Å². The Balaban J connectivity index is 2.34. The molecule has 3 N–H and O–H groups in total. The van der Waals surface area contributed by atoms with Crippen LogP contribution >= 0.6 is 0 Å². The second kappa shape index (κ2) is 8.31. The van der Waals surface area contributed by atoms with Crippen LogP contribution in [0.5, 0.6) is 0 Å². The van der Waals surface area contributed by atoms with E-state index in [-0.39, 0.29) is 11.5 Å². The van der Waals surface area contributed by atoms with Crippen LogP contribution in [0.1, 0.15) is 50.7 Å². The van der Waals surface area contributed by atoms with Gasteiger partial charge in [-0.3, -0.25) is 14.9 Å². The van der Waals surface area contributed by atoms with E-state index in [2.05, 4.69) is 15.6 Å². The number of amides is 3. The zero-order valence-corrected chi connectivity index (χ0v) is 15.5. The summed E-state index contributed by atoms with van der Waals surface area (Å²) in [6.45, 7) is 4.70. The first-order chi connectivity index (χ1) is 12.8. The zero-order chi connectivity index (χ0) is 20.1. The van der Waals surface area contributed by atoms with E-state index in [1.807, 2.05) is 0 Å². The number of rotatable bonds is 5. The van der Waals surface area contributed by atoms with Crippen LogP contribution in [0, 0.1) is 13.8 Å². The summed E-state index contributed by atoms with van der Waals surface area (Å²) in [6.07, 6.45) is -1.33. The largest absolute Gasteiger partial charge is 0.443 e. The van der Waals surface area contributed by atoms with E-state index in [9.17, 15) is 19.2 Å². The molecule has 3 amide bonds. The average Bonchev–Trinajstić information content (AvgIpc) is 2.94. The molecule has 0 aliphatic rings. The smallest absolute Gasteiger partial charge is 0.356 e. The molecule has 27 heavy (non-hydrogen) atoms. The molecule has 8 heteroatoms. The fourth-order valence-corrected chi connectivity index (χ4v) is 2.79. The van der Waals surface area contributed by atoms with Gasteiger partial charge >= 0.3 is 12.0 Å². The number of aromatic nitrogens is 1. The number of ketones is 1. The highest BCUT2D eigenvalue weighted by Gasteiger charge is 2.29. The Bertz CT molecular complexity index is 886. The van der Waals surface area contributed by atoms with Crippen LogP contribution in [0.3, 0.4) is 0 Å². The molecule has 1 atom stereocenters. The molecule has 1 aromatic heterocycles. The van der Waals surface area contributed by atoms with Gasteiger partial charge in [-0.25, -0.2) is 9.59 Å². The topological polar surface area (TPSA) is 117 Å². The third kappa shape index (κ3) is 4.41. The summed E-state index contributed by atoms with van der Waals surface area (Å²) in [6, 6.07) is 7.60. The lowest BCUT2D eigenvalue weighted by Crippen LogP contribution is -2.41. The summed E-state index contributed by atoms with van der Waals surface area (Å²) in [5.41, 5.74) is 1.89. The lowest BCUT2D eigenvalue weighted by atomic mass is 10.1. The van der Waals surface area contributed by atoms with Crippen LogP contribution in [-0.2, 0) is 9.53 Å². The summed E-state index contributed by atoms with van der Waals surface area (Å²) in [5.74, 6) is -1.78. The van der Waals surface area contributed by atoms with Crippen molar-refractivity contribution < 1.29 is 23.9 Å². The van der Waals surface area contributed by atoms with E-state index in [0.717, 1.165) is 0 Å². The summed E-state index contributed by atoms with van der Waals surface area (Å²) in [7, 11) is 1.36. The van der Waals surface area contributed by atoms with Gasteiger partial charge in [0.15, 0.2) is 5.78 Å². The molecule has 1 heterocycles. The lowest BCUT2D eigenvalue weighted by molar-refractivity contribution is -0.129.